The molecule has 1 aromatic carbocycles. The summed E-state index contributed by atoms with van der Waals surface area (Å²) in [5.41, 5.74) is 0.616. The predicted octanol–water partition coefficient (Wildman–Crippen LogP) is 3.86. The van der Waals surface area contributed by atoms with Crippen LogP contribution in [-0.4, -0.2) is 46.8 Å². The first-order valence-electron chi connectivity index (χ1n) is 11.0. The molecule has 1 aliphatic rings. The maximum absolute atomic E-state index is 13.3. The number of hydrogen-bond donors (Lipinski definition) is 1. The van der Waals surface area contributed by atoms with Crippen LogP contribution in [0.25, 0.3) is 20.2 Å². The quantitative estimate of drug-likeness (QED) is 0.583. The van der Waals surface area contributed by atoms with E-state index in [-0.39, 0.29) is 11.5 Å². The van der Waals surface area contributed by atoms with Crippen LogP contribution in [0.2, 0.25) is 0 Å². The fourth-order valence-electron chi connectivity index (χ4n) is 4.38. The zero-order valence-electron chi connectivity index (χ0n) is 17.8. The Labute approximate surface area is 180 Å². The minimum absolute atomic E-state index is 0.121. The number of nitrogens with one attached hydrogen (secondary N) is 1. The van der Waals surface area contributed by atoms with E-state index in [9.17, 15) is 9.59 Å². The zero-order valence-corrected chi connectivity index (χ0v) is 18.6. The number of hydrogen-bond acceptors (Lipinski definition) is 5. The third-order valence-corrected chi connectivity index (χ3v) is 7.27. The highest BCUT2D eigenvalue weighted by Crippen LogP contribution is 2.33. The van der Waals surface area contributed by atoms with Crippen LogP contribution in [0.15, 0.2) is 29.1 Å². The van der Waals surface area contributed by atoms with E-state index in [4.69, 9.17) is 0 Å². The highest BCUT2D eigenvalue weighted by atomic mass is 32.1. The van der Waals surface area contributed by atoms with E-state index in [1.165, 1.54) is 37.0 Å². The maximum Gasteiger partial charge on any atom is 0.276 e. The number of nitrogens with zero attached hydrogens (tertiary/aromatic N) is 3. The second kappa shape index (κ2) is 9.27. The van der Waals surface area contributed by atoms with E-state index in [1.807, 2.05) is 38.1 Å². The van der Waals surface area contributed by atoms with Gasteiger partial charge in [-0.15, -0.1) is 11.3 Å². The van der Waals surface area contributed by atoms with Gasteiger partial charge in [0.2, 0.25) is 5.91 Å². The van der Waals surface area contributed by atoms with Gasteiger partial charge in [-0.05, 0) is 58.3 Å². The van der Waals surface area contributed by atoms with E-state index in [1.54, 1.807) is 11.3 Å². The smallest absolute Gasteiger partial charge is 0.276 e. The van der Waals surface area contributed by atoms with E-state index in [0.717, 1.165) is 33.4 Å². The van der Waals surface area contributed by atoms with Crippen LogP contribution >= 0.6 is 11.3 Å². The van der Waals surface area contributed by atoms with Crippen LogP contribution in [0.3, 0.4) is 0 Å². The number of carbonyl (C=O) groups is 1. The molecule has 2 aromatic heterocycles. The first kappa shape index (κ1) is 21.0. The van der Waals surface area contributed by atoms with Crippen molar-refractivity contribution in [1.82, 2.24) is 20.0 Å². The fraction of sp³-hybridized carbons (Fsp3) is 0.522. The van der Waals surface area contributed by atoms with Gasteiger partial charge >= 0.3 is 0 Å². The number of aromatic nitrogens is 2. The summed E-state index contributed by atoms with van der Waals surface area (Å²) in [6.07, 6.45) is 5.34. The van der Waals surface area contributed by atoms with E-state index < -0.39 is 6.04 Å². The van der Waals surface area contributed by atoms with Crippen LogP contribution in [0, 0.1) is 6.92 Å². The number of likely N-dealkylation sites (tertiary alicyclic amines) is 1. The molecule has 0 radical (unpaired) electrons. The molecule has 1 saturated heterocycles. The minimum Gasteiger partial charge on any atom is -0.354 e. The Bertz CT molecular complexity index is 1100. The molecule has 1 fully saturated rings. The van der Waals surface area contributed by atoms with Gasteiger partial charge in [0.25, 0.3) is 5.56 Å². The Hall–Kier alpha value is -2.25. The lowest BCUT2D eigenvalue weighted by Crippen LogP contribution is -2.40. The average molecular weight is 427 g/mol. The summed E-state index contributed by atoms with van der Waals surface area (Å²) in [5.74, 6) is -0.121. The van der Waals surface area contributed by atoms with Gasteiger partial charge in [0.1, 0.15) is 6.04 Å². The standard InChI is InChI=1S/C23H30N4O2S/c1-3-18(22(28)24-12-9-15-26-13-7-4-8-14-26)27-23(29)20-17-10-5-6-11-19(17)30-21(20)16(2)25-27/h5-6,10-11,18H,3-4,7-9,12-15H2,1-2H3,(H,24,28). The van der Waals surface area contributed by atoms with Crippen LogP contribution in [-0.2, 0) is 4.79 Å². The van der Waals surface area contributed by atoms with Crippen molar-refractivity contribution in [3.63, 3.8) is 0 Å². The number of thiophene rings is 1. The lowest BCUT2D eigenvalue weighted by Gasteiger charge is -2.26. The third-order valence-electron chi connectivity index (χ3n) is 5.99. The molecular weight excluding hydrogens is 396 g/mol. The van der Waals surface area contributed by atoms with E-state index in [2.05, 4.69) is 15.3 Å². The Balaban J connectivity index is 1.52. The van der Waals surface area contributed by atoms with Crippen molar-refractivity contribution in [3.8, 4) is 0 Å². The third kappa shape index (κ3) is 4.14. The molecule has 30 heavy (non-hydrogen) atoms. The molecule has 1 aliphatic heterocycles. The highest BCUT2D eigenvalue weighted by molar-refractivity contribution is 7.26. The SMILES string of the molecule is CCC(C(=O)NCCCN1CCCCC1)n1nc(C)c2sc3ccccc3c2c1=O. The molecule has 0 saturated carbocycles. The van der Waals surface area contributed by atoms with Gasteiger partial charge in [-0.1, -0.05) is 31.5 Å². The molecule has 6 nitrogen and oxygen atoms in total. The number of benzene rings is 1. The molecular formula is C23H30N4O2S. The minimum atomic E-state index is -0.589. The molecule has 7 heteroatoms. The summed E-state index contributed by atoms with van der Waals surface area (Å²) in [7, 11) is 0. The Morgan fingerprint density at radius 3 is 2.77 bits per heavy atom. The Morgan fingerprint density at radius 2 is 2.00 bits per heavy atom. The molecule has 3 aromatic rings. The summed E-state index contributed by atoms with van der Waals surface area (Å²) in [6.45, 7) is 7.82. The van der Waals surface area contributed by atoms with E-state index in [0.29, 0.717) is 18.4 Å². The highest BCUT2D eigenvalue weighted by Gasteiger charge is 2.24. The molecule has 1 amide bonds. The molecule has 4 rings (SSSR count). The van der Waals surface area contributed by atoms with Crippen molar-refractivity contribution in [2.24, 2.45) is 0 Å². The van der Waals surface area contributed by atoms with Gasteiger partial charge < -0.3 is 10.2 Å². The second-order valence-corrected chi connectivity index (χ2v) is 9.16. The van der Waals surface area contributed by atoms with Crippen LogP contribution in [0.5, 0.6) is 0 Å². The van der Waals surface area contributed by atoms with Crippen molar-refractivity contribution >= 4 is 37.4 Å². The van der Waals surface area contributed by atoms with Crippen molar-refractivity contribution in [2.75, 3.05) is 26.2 Å². The van der Waals surface area contributed by atoms with Crippen LogP contribution in [0.4, 0.5) is 0 Å². The van der Waals surface area contributed by atoms with Crippen molar-refractivity contribution in [2.45, 2.75) is 52.0 Å². The summed E-state index contributed by atoms with van der Waals surface area (Å²) in [4.78, 5) is 28.7. The van der Waals surface area contributed by atoms with Crippen molar-refractivity contribution in [1.29, 1.82) is 0 Å². The molecule has 3 heterocycles. The monoisotopic (exact) mass is 426 g/mol. The summed E-state index contributed by atoms with van der Waals surface area (Å²) < 4.78 is 3.38. The van der Waals surface area contributed by atoms with Crippen molar-refractivity contribution in [3.05, 3.63) is 40.3 Å². The van der Waals surface area contributed by atoms with Gasteiger partial charge in [0.05, 0.1) is 15.8 Å². The van der Waals surface area contributed by atoms with Gasteiger partial charge in [-0.2, -0.15) is 5.10 Å². The number of carbonyl (C=O) groups excluding carboxylic acids is 1. The van der Waals surface area contributed by atoms with Crippen LogP contribution < -0.4 is 10.9 Å². The number of aryl methyl sites for hydroxylation is 1. The largest absolute Gasteiger partial charge is 0.354 e. The molecule has 1 atom stereocenters. The van der Waals surface area contributed by atoms with Gasteiger partial charge in [-0.3, -0.25) is 9.59 Å². The molecule has 1 unspecified atom stereocenters. The average Bonchev–Trinajstić information content (AvgIpc) is 3.16. The van der Waals surface area contributed by atoms with Gasteiger partial charge in [0, 0.05) is 16.6 Å². The Kier molecular flexibility index (Phi) is 6.49. The maximum atomic E-state index is 13.3. The fourth-order valence-corrected chi connectivity index (χ4v) is 5.51. The molecule has 160 valence electrons. The number of piperidine rings is 1. The van der Waals surface area contributed by atoms with Gasteiger partial charge in [-0.25, -0.2) is 4.68 Å². The second-order valence-electron chi connectivity index (χ2n) is 8.11. The number of rotatable bonds is 7. The number of fused-ring (bicyclic) bond motifs is 3. The normalized spacial score (nSPS) is 16.2. The lowest BCUT2D eigenvalue weighted by atomic mass is 10.1. The summed E-state index contributed by atoms with van der Waals surface area (Å²) in [6, 6.07) is 7.33. The predicted molar refractivity (Wildman–Crippen MR) is 123 cm³/mol. The number of amides is 1. The Morgan fingerprint density at radius 1 is 1.23 bits per heavy atom. The molecule has 0 bridgehead atoms. The van der Waals surface area contributed by atoms with Crippen molar-refractivity contribution < 1.29 is 4.79 Å². The molecule has 0 spiro atoms. The molecule has 0 aliphatic carbocycles. The zero-order chi connectivity index (χ0) is 21.1. The topological polar surface area (TPSA) is 67.2 Å². The summed E-state index contributed by atoms with van der Waals surface area (Å²) in [5, 5.41) is 9.19. The van der Waals surface area contributed by atoms with E-state index >= 15 is 0 Å². The lowest BCUT2D eigenvalue weighted by molar-refractivity contribution is -0.124. The first-order chi connectivity index (χ1) is 14.6. The first-order valence-corrected chi connectivity index (χ1v) is 11.8. The summed E-state index contributed by atoms with van der Waals surface area (Å²) >= 11 is 1.59. The van der Waals surface area contributed by atoms with Crippen LogP contribution in [0.1, 0.15) is 50.8 Å². The molecule has 1 N–H and O–H groups in total. The van der Waals surface area contributed by atoms with Gasteiger partial charge in [0.15, 0.2) is 0 Å².